The van der Waals surface area contributed by atoms with Gasteiger partial charge in [-0.25, -0.2) is 8.78 Å². The number of nitrogens with zero attached hydrogens (tertiary/aromatic N) is 1. The van der Waals surface area contributed by atoms with E-state index in [1.54, 1.807) is 13.0 Å². The second-order valence-electron chi connectivity index (χ2n) is 8.60. The normalized spacial score (nSPS) is 19.2. The van der Waals surface area contributed by atoms with E-state index in [-0.39, 0.29) is 17.6 Å². The van der Waals surface area contributed by atoms with Crippen LogP contribution in [0.15, 0.2) is 33.7 Å². The molecular weight excluding hydrogens is 426 g/mol. The first-order chi connectivity index (χ1) is 14.6. The van der Waals surface area contributed by atoms with Crippen LogP contribution in [0.5, 0.6) is 0 Å². The van der Waals surface area contributed by atoms with Crippen LogP contribution in [0.25, 0.3) is 0 Å². The van der Waals surface area contributed by atoms with Gasteiger partial charge in [0.25, 0.3) is 0 Å². The van der Waals surface area contributed by atoms with E-state index < -0.39 is 27.7 Å². The zero-order valence-corrected chi connectivity index (χ0v) is 18.8. The van der Waals surface area contributed by atoms with Gasteiger partial charge in [-0.3, -0.25) is 4.79 Å². The summed E-state index contributed by atoms with van der Waals surface area (Å²) in [7, 11) is 0. The summed E-state index contributed by atoms with van der Waals surface area (Å²) in [5, 5.41) is 4.14. The predicted molar refractivity (Wildman–Crippen MR) is 113 cm³/mol. The molecule has 1 amide bonds. The van der Waals surface area contributed by atoms with E-state index in [2.05, 4.69) is 5.16 Å². The molecule has 0 bridgehead atoms. The Morgan fingerprint density at radius 1 is 1.32 bits per heavy atom. The molecule has 0 spiro atoms. The molecule has 2 atom stereocenters. The molecule has 1 fully saturated rings. The van der Waals surface area contributed by atoms with Crippen molar-refractivity contribution in [3.8, 4) is 0 Å². The Morgan fingerprint density at radius 2 is 2.10 bits per heavy atom. The molecule has 0 aliphatic carbocycles. The lowest BCUT2D eigenvalue weighted by Crippen LogP contribution is -2.40. The fourth-order valence-electron chi connectivity index (χ4n) is 3.24. The summed E-state index contributed by atoms with van der Waals surface area (Å²) in [6.07, 6.45) is 2.85. The number of aromatic nitrogens is 1. The van der Waals surface area contributed by atoms with Crippen molar-refractivity contribution in [3.63, 3.8) is 0 Å². The van der Waals surface area contributed by atoms with Crippen LogP contribution in [-0.4, -0.2) is 35.3 Å². The molecule has 2 aromatic rings. The van der Waals surface area contributed by atoms with Gasteiger partial charge in [0, 0.05) is 29.4 Å². The molecular formula is C22H28F2N2O4S. The molecule has 2 heterocycles. The summed E-state index contributed by atoms with van der Waals surface area (Å²) in [6, 6.07) is 5.55. The lowest BCUT2D eigenvalue weighted by atomic mass is 9.90. The maximum Gasteiger partial charge on any atom is 0.234 e. The highest BCUT2D eigenvalue weighted by Crippen LogP contribution is 2.38. The van der Waals surface area contributed by atoms with E-state index in [0.717, 1.165) is 37.1 Å². The van der Waals surface area contributed by atoms with Gasteiger partial charge in [0.05, 0.1) is 12.3 Å². The number of carbonyl (C=O) groups is 1. The highest BCUT2D eigenvalue weighted by atomic mass is 32.2. The molecule has 1 aliphatic rings. The van der Waals surface area contributed by atoms with E-state index in [9.17, 15) is 13.6 Å². The summed E-state index contributed by atoms with van der Waals surface area (Å²) in [5.41, 5.74) is 5.81. The molecule has 1 aromatic carbocycles. The topological polar surface area (TPSA) is 87.6 Å². The van der Waals surface area contributed by atoms with Crippen molar-refractivity contribution in [1.82, 2.24) is 5.16 Å². The Bertz CT molecular complexity index is 915. The van der Waals surface area contributed by atoms with Crippen LogP contribution in [0, 0.1) is 11.6 Å². The van der Waals surface area contributed by atoms with Crippen molar-refractivity contribution in [2.45, 2.75) is 67.8 Å². The van der Waals surface area contributed by atoms with Crippen LogP contribution >= 0.6 is 11.8 Å². The molecule has 170 valence electrons. The smallest absolute Gasteiger partial charge is 0.234 e. The number of thioether (sulfide) groups is 1. The molecule has 2 N–H and O–H groups in total. The number of rotatable bonds is 9. The predicted octanol–water partition coefficient (Wildman–Crippen LogP) is 4.35. The van der Waals surface area contributed by atoms with E-state index in [4.69, 9.17) is 19.7 Å². The third kappa shape index (κ3) is 5.84. The fraction of sp³-hybridized carbons (Fsp3) is 0.545. The minimum absolute atomic E-state index is 0.00208. The van der Waals surface area contributed by atoms with Crippen LogP contribution in [0.3, 0.4) is 0 Å². The van der Waals surface area contributed by atoms with E-state index in [0.29, 0.717) is 24.7 Å². The molecule has 31 heavy (non-hydrogen) atoms. The number of carbonyl (C=O) groups excluding carboxylic acids is 1. The van der Waals surface area contributed by atoms with Crippen molar-refractivity contribution in [2.24, 2.45) is 5.73 Å². The van der Waals surface area contributed by atoms with Crippen LogP contribution in [0.4, 0.5) is 8.78 Å². The fourth-order valence-corrected chi connectivity index (χ4v) is 4.38. The maximum atomic E-state index is 14.1. The Morgan fingerprint density at radius 3 is 2.77 bits per heavy atom. The Hall–Kier alpha value is -1.97. The molecule has 0 saturated carbocycles. The van der Waals surface area contributed by atoms with Crippen LogP contribution in [-0.2, 0) is 26.1 Å². The first kappa shape index (κ1) is 23.7. The van der Waals surface area contributed by atoms with Crippen molar-refractivity contribution >= 4 is 17.7 Å². The molecule has 2 unspecified atom stereocenters. The van der Waals surface area contributed by atoms with Gasteiger partial charge in [0.1, 0.15) is 10.5 Å². The highest BCUT2D eigenvalue weighted by molar-refractivity contribution is 8.01. The van der Waals surface area contributed by atoms with Crippen LogP contribution in [0.1, 0.15) is 51.5 Å². The van der Waals surface area contributed by atoms with Gasteiger partial charge in [-0.05, 0) is 38.3 Å². The summed E-state index contributed by atoms with van der Waals surface area (Å²) in [5.74, 6) is -2.25. The zero-order chi connectivity index (χ0) is 22.6. The van der Waals surface area contributed by atoms with Crippen LogP contribution < -0.4 is 5.73 Å². The van der Waals surface area contributed by atoms with Crippen molar-refractivity contribution in [3.05, 3.63) is 47.4 Å². The lowest BCUT2D eigenvalue weighted by Gasteiger charge is -2.28. The number of amides is 1. The average Bonchev–Trinajstić information content (AvgIpc) is 3.20. The molecule has 9 heteroatoms. The number of hydrogen-bond acceptors (Lipinski definition) is 6. The largest absolute Gasteiger partial charge is 0.368 e. The highest BCUT2D eigenvalue weighted by Gasteiger charge is 2.36. The summed E-state index contributed by atoms with van der Waals surface area (Å²) in [4.78, 5) is 12.2. The van der Waals surface area contributed by atoms with E-state index in [1.807, 2.05) is 13.8 Å². The first-order valence-corrected chi connectivity index (χ1v) is 11.0. The lowest BCUT2D eigenvalue weighted by molar-refractivity contribution is -0.170. The maximum absolute atomic E-state index is 14.1. The average molecular weight is 455 g/mol. The molecule has 1 aliphatic heterocycles. The Balaban J connectivity index is 1.70. The molecule has 6 nitrogen and oxygen atoms in total. The van der Waals surface area contributed by atoms with Crippen molar-refractivity contribution < 1.29 is 27.6 Å². The third-order valence-corrected chi connectivity index (χ3v) is 6.64. The Labute approximate surface area is 184 Å². The Kier molecular flexibility index (Phi) is 7.39. The first-order valence-electron chi connectivity index (χ1n) is 10.2. The van der Waals surface area contributed by atoms with Gasteiger partial charge in [0.15, 0.2) is 17.9 Å². The van der Waals surface area contributed by atoms with Crippen molar-refractivity contribution in [2.75, 3.05) is 13.2 Å². The third-order valence-electron chi connectivity index (χ3n) is 5.30. The molecule has 1 aromatic heterocycles. The zero-order valence-electron chi connectivity index (χ0n) is 18.0. The summed E-state index contributed by atoms with van der Waals surface area (Å²) < 4.78 is 43.4. The molecule has 0 radical (unpaired) electrons. The van der Waals surface area contributed by atoms with Gasteiger partial charge in [0.2, 0.25) is 5.91 Å². The second-order valence-corrected chi connectivity index (χ2v) is 10.1. The van der Waals surface area contributed by atoms with Gasteiger partial charge < -0.3 is 19.7 Å². The minimum atomic E-state index is -1.26. The van der Waals surface area contributed by atoms with Gasteiger partial charge >= 0.3 is 0 Å². The number of nitrogens with two attached hydrogens (primary N) is 1. The van der Waals surface area contributed by atoms with Gasteiger partial charge in [-0.2, -0.15) is 0 Å². The SMILES string of the molecule is CC(Cc1cc(C(C)(C)COC2CCCCO2)no1)(Sc1cccc(F)c1F)C(N)=O. The second kappa shape index (κ2) is 9.67. The van der Waals surface area contributed by atoms with Crippen molar-refractivity contribution in [1.29, 1.82) is 0 Å². The quantitative estimate of drug-likeness (QED) is 0.567. The number of primary amides is 1. The monoisotopic (exact) mass is 454 g/mol. The number of ether oxygens (including phenoxy) is 2. The van der Waals surface area contributed by atoms with E-state index >= 15 is 0 Å². The van der Waals surface area contributed by atoms with E-state index in [1.165, 1.54) is 12.1 Å². The standard InChI is InChI=1S/C22H28F2N2O4S/c1-21(2,13-29-18-9-4-5-10-28-18)17-11-14(30-26-17)12-22(3,20(25)27)31-16-8-6-7-15(23)19(16)24/h6-8,11,18H,4-5,9-10,12-13H2,1-3H3,(H2,25,27). The molecule has 3 rings (SSSR count). The van der Waals surface area contributed by atoms with Gasteiger partial charge in [-0.15, -0.1) is 11.8 Å². The number of hydrogen-bond donors (Lipinski definition) is 1. The number of halogens is 2. The minimum Gasteiger partial charge on any atom is -0.368 e. The summed E-state index contributed by atoms with van der Waals surface area (Å²) in [6.45, 7) is 6.61. The van der Waals surface area contributed by atoms with Crippen LogP contribution in [0.2, 0.25) is 0 Å². The molecule has 1 saturated heterocycles. The number of benzene rings is 1. The van der Waals surface area contributed by atoms with Gasteiger partial charge in [-0.1, -0.05) is 25.1 Å². The summed E-state index contributed by atoms with van der Waals surface area (Å²) >= 11 is 0.862.